The van der Waals surface area contributed by atoms with Crippen molar-refractivity contribution in [1.82, 2.24) is 5.43 Å². The van der Waals surface area contributed by atoms with Crippen molar-refractivity contribution in [3.63, 3.8) is 0 Å². The van der Waals surface area contributed by atoms with Crippen molar-refractivity contribution in [1.29, 1.82) is 0 Å². The zero-order valence-corrected chi connectivity index (χ0v) is 15.6. The molecule has 0 bridgehead atoms. The highest BCUT2D eigenvalue weighted by Crippen LogP contribution is 2.14. The molecule has 0 aliphatic rings. The summed E-state index contributed by atoms with van der Waals surface area (Å²) in [5.41, 5.74) is 4.56. The Hall–Kier alpha value is -3.44. The first-order valence-corrected chi connectivity index (χ1v) is 8.91. The number of hydrogen-bond donors (Lipinski definition) is 1. The Morgan fingerprint density at radius 1 is 0.929 bits per heavy atom. The first-order valence-electron chi connectivity index (χ1n) is 8.54. The Bertz CT molecular complexity index is 969. The van der Waals surface area contributed by atoms with Gasteiger partial charge >= 0.3 is 5.97 Å². The summed E-state index contributed by atoms with van der Waals surface area (Å²) in [5, 5.41) is 4.56. The molecule has 28 heavy (non-hydrogen) atoms. The summed E-state index contributed by atoms with van der Waals surface area (Å²) in [5.74, 6) is -0.221. The average Bonchev–Trinajstić information content (AvgIpc) is 2.72. The maximum absolute atomic E-state index is 12.0. The molecule has 1 N–H and O–H groups in total. The molecule has 6 heteroatoms. The molecule has 5 nitrogen and oxygen atoms in total. The number of hydrogen-bond acceptors (Lipinski definition) is 4. The fraction of sp³-hybridized carbons (Fsp3) is 0.0455. The topological polar surface area (TPSA) is 67.8 Å². The van der Waals surface area contributed by atoms with Gasteiger partial charge in [-0.1, -0.05) is 41.9 Å². The van der Waals surface area contributed by atoms with Gasteiger partial charge in [0.2, 0.25) is 5.91 Å². The highest BCUT2D eigenvalue weighted by atomic mass is 35.5. The molecule has 0 atom stereocenters. The second-order valence-corrected chi connectivity index (χ2v) is 6.36. The summed E-state index contributed by atoms with van der Waals surface area (Å²) < 4.78 is 5.31. The van der Waals surface area contributed by atoms with E-state index in [4.69, 9.17) is 16.3 Å². The van der Waals surface area contributed by atoms with Gasteiger partial charge in [-0.25, -0.2) is 10.2 Å². The summed E-state index contributed by atoms with van der Waals surface area (Å²) in [6.07, 6.45) is 1.73. The molecule has 0 aliphatic heterocycles. The highest BCUT2D eigenvalue weighted by molar-refractivity contribution is 6.30. The lowest BCUT2D eigenvalue weighted by molar-refractivity contribution is -0.120. The highest BCUT2D eigenvalue weighted by Gasteiger charge is 2.07. The Kier molecular flexibility index (Phi) is 6.54. The summed E-state index contributed by atoms with van der Waals surface area (Å²) in [7, 11) is 0. The van der Waals surface area contributed by atoms with Gasteiger partial charge < -0.3 is 4.74 Å². The van der Waals surface area contributed by atoms with E-state index in [2.05, 4.69) is 10.5 Å². The van der Waals surface area contributed by atoms with Crippen LogP contribution in [0.3, 0.4) is 0 Å². The lowest BCUT2D eigenvalue weighted by Crippen LogP contribution is -2.19. The zero-order chi connectivity index (χ0) is 19.8. The summed E-state index contributed by atoms with van der Waals surface area (Å²) in [6, 6.07) is 22.6. The van der Waals surface area contributed by atoms with Crippen molar-refractivity contribution < 1.29 is 14.3 Å². The summed E-state index contributed by atoms with van der Waals surface area (Å²) in [6.45, 7) is 0. The van der Waals surface area contributed by atoms with E-state index in [-0.39, 0.29) is 12.3 Å². The van der Waals surface area contributed by atoms with Crippen molar-refractivity contribution in [3.05, 3.63) is 101 Å². The molecule has 0 aliphatic carbocycles. The Balaban J connectivity index is 1.50. The number of amides is 1. The lowest BCUT2D eigenvalue weighted by Gasteiger charge is -2.04. The van der Waals surface area contributed by atoms with E-state index in [0.717, 1.165) is 11.1 Å². The fourth-order valence-corrected chi connectivity index (χ4v) is 2.49. The van der Waals surface area contributed by atoms with Gasteiger partial charge in [-0.05, 0) is 59.7 Å². The molecule has 0 unspecified atom stereocenters. The van der Waals surface area contributed by atoms with Crippen LogP contribution in [0.4, 0.5) is 0 Å². The lowest BCUT2D eigenvalue weighted by atomic mass is 10.1. The largest absolute Gasteiger partial charge is 0.423 e. The minimum atomic E-state index is -0.420. The molecule has 3 aromatic rings. The maximum atomic E-state index is 12.0. The van der Waals surface area contributed by atoms with Crippen molar-refractivity contribution >= 4 is 29.7 Å². The summed E-state index contributed by atoms with van der Waals surface area (Å²) >= 11 is 5.82. The van der Waals surface area contributed by atoms with Crippen LogP contribution in [0.25, 0.3) is 0 Å². The Morgan fingerprint density at radius 2 is 1.61 bits per heavy atom. The number of halogens is 1. The molecule has 1 amide bonds. The predicted molar refractivity (Wildman–Crippen MR) is 109 cm³/mol. The monoisotopic (exact) mass is 392 g/mol. The van der Waals surface area contributed by atoms with Crippen LogP contribution in [0.2, 0.25) is 5.02 Å². The zero-order valence-electron chi connectivity index (χ0n) is 14.8. The normalized spacial score (nSPS) is 10.6. The van der Waals surface area contributed by atoms with Crippen molar-refractivity contribution in [2.75, 3.05) is 0 Å². The fourth-order valence-electron chi connectivity index (χ4n) is 2.37. The molecule has 0 fully saturated rings. The van der Waals surface area contributed by atoms with E-state index >= 15 is 0 Å². The van der Waals surface area contributed by atoms with E-state index < -0.39 is 5.97 Å². The molecule has 0 aromatic heterocycles. The van der Waals surface area contributed by atoms with E-state index in [1.807, 2.05) is 6.07 Å². The van der Waals surface area contributed by atoms with Gasteiger partial charge in [0.25, 0.3) is 0 Å². The van der Waals surface area contributed by atoms with Crippen molar-refractivity contribution in [2.45, 2.75) is 6.42 Å². The maximum Gasteiger partial charge on any atom is 0.343 e. The first kappa shape index (κ1) is 19.3. The van der Waals surface area contributed by atoms with Gasteiger partial charge in [0.15, 0.2) is 0 Å². The smallest absolute Gasteiger partial charge is 0.343 e. The second-order valence-electron chi connectivity index (χ2n) is 5.92. The molecular formula is C22H17ClN2O3. The van der Waals surface area contributed by atoms with Crippen LogP contribution in [-0.2, 0) is 11.2 Å². The number of benzene rings is 3. The molecule has 0 saturated heterocycles. The summed E-state index contributed by atoms with van der Waals surface area (Å²) in [4.78, 5) is 23.9. The third-order valence-corrected chi connectivity index (χ3v) is 4.03. The van der Waals surface area contributed by atoms with E-state index in [1.54, 1.807) is 72.8 Å². The number of esters is 1. The van der Waals surface area contributed by atoms with Gasteiger partial charge in [-0.15, -0.1) is 0 Å². The van der Waals surface area contributed by atoms with Crippen LogP contribution in [0, 0.1) is 0 Å². The van der Waals surface area contributed by atoms with E-state index in [0.29, 0.717) is 16.3 Å². The third kappa shape index (κ3) is 5.79. The van der Waals surface area contributed by atoms with Crippen LogP contribution in [-0.4, -0.2) is 18.1 Å². The molecular weight excluding hydrogens is 376 g/mol. The Morgan fingerprint density at radius 3 is 2.29 bits per heavy atom. The van der Waals surface area contributed by atoms with Gasteiger partial charge in [0.05, 0.1) is 18.2 Å². The van der Waals surface area contributed by atoms with Gasteiger partial charge in [-0.3, -0.25) is 4.79 Å². The molecule has 140 valence electrons. The van der Waals surface area contributed by atoms with Gasteiger partial charge in [0, 0.05) is 5.02 Å². The minimum absolute atomic E-state index is 0.211. The number of nitrogens with one attached hydrogen (secondary N) is 1. The molecule has 3 rings (SSSR count). The molecule has 3 aromatic carbocycles. The Labute approximate surface area is 167 Å². The quantitative estimate of drug-likeness (QED) is 0.295. The van der Waals surface area contributed by atoms with Gasteiger partial charge in [0.1, 0.15) is 5.75 Å². The molecule has 0 heterocycles. The van der Waals surface area contributed by atoms with Crippen molar-refractivity contribution in [3.8, 4) is 5.75 Å². The molecule has 0 radical (unpaired) electrons. The van der Waals surface area contributed by atoms with Crippen LogP contribution in [0.5, 0.6) is 5.75 Å². The SMILES string of the molecule is O=C(Cc1ccc(Cl)cc1)N/N=C/c1ccc(OC(=O)c2ccccc2)cc1. The number of carbonyl (C=O) groups excluding carboxylic acids is 2. The predicted octanol–water partition coefficient (Wildman–Crippen LogP) is 4.25. The number of carbonyl (C=O) groups is 2. The van der Waals surface area contributed by atoms with E-state index in [9.17, 15) is 9.59 Å². The number of hydrazone groups is 1. The minimum Gasteiger partial charge on any atom is -0.423 e. The average molecular weight is 393 g/mol. The number of rotatable bonds is 6. The number of nitrogens with zero attached hydrogens (tertiary/aromatic N) is 1. The third-order valence-electron chi connectivity index (χ3n) is 3.78. The standard InChI is InChI=1S/C22H17ClN2O3/c23-19-10-6-16(7-11-19)14-21(26)25-24-15-17-8-12-20(13-9-17)28-22(27)18-4-2-1-3-5-18/h1-13,15H,14H2,(H,25,26)/b24-15+. The van der Waals surface area contributed by atoms with Crippen molar-refractivity contribution in [2.24, 2.45) is 5.10 Å². The van der Waals surface area contributed by atoms with Crippen LogP contribution < -0.4 is 10.2 Å². The van der Waals surface area contributed by atoms with Crippen LogP contribution >= 0.6 is 11.6 Å². The first-order chi connectivity index (χ1) is 13.6. The number of ether oxygens (including phenoxy) is 1. The second kappa shape index (κ2) is 9.48. The van der Waals surface area contributed by atoms with Gasteiger partial charge in [-0.2, -0.15) is 5.10 Å². The van der Waals surface area contributed by atoms with E-state index in [1.165, 1.54) is 6.21 Å². The van der Waals surface area contributed by atoms with Crippen LogP contribution in [0.15, 0.2) is 84.0 Å². The molecule has 0 spiro atoms. The molecule has 0 saturated carbocycles. The van der Waals surface area contributed by atoms with Crippen LogP contribution in [0.1, 0.15) is 21.5 Å².